The molecule has 1 fully saturated rings. The number of halogens is 3. The quantitative estimate of drug-likeness (QED) is 0.484. The van der Waals surface area contributed by atoms with Gasteiger partial charge < -0.3 is 10.1 Å². The van der Waals surface area contributed by atoms with Gasteiger partial charge in [0.25, 0.3) is 0 Å². The SMILES string of the molecule is CC.CCCC1(S(=O)Nc2c(OC)cc(F)c(F)c2Nc2ccc(C)cc2F)CC1. The first-order chi connectivity index (χ1) is 14.3. The maximum absolute atomic E-state index is 14.6. The van der Waals surface area contributed by atoms with Crippen LogP contribution in [0.25, 0.3) is 0 Å². The van der Waals surface area contributed by atoms with Gasteiger partial charge in [0.2, 0.25) is 0 Å². The summed E-state index contributed by atoms with van der Waals surface area (Å²) in [6.07, 6.45) is 3.21. The van der Waals surface area contributed by atoms with Gasteiger partial charge in [-0.25, -0.2) is 17.4 Å². The van der Waals surface area contributed by atoms with Gasteiger partial charge in [0.05, 0.1) is 17.5 Å². The molecule has 1 atom stereocenters. The summed E-state index contributed by atoms with van der Waals surface area (Å²) in [6.45, 7) is 7.72. The second-order valence-electron chi connectivity index (χ2n) is 7.04. The van der Waals surface area contributed by atoms with Crippen LogP contribution in [0, 0.1) is 24.4 Å². The van der Waals surface area contributed by atoms with Crippen LogP contribution in [0.1, 0.15) is 52.0 Å². The summed E-state index contributed by atoms with van der Waals surface area (Å²) in [5.74, 6) is -2.99. The molecule has 0 saturated heterocycles. The van der Waals surface area contributed by atoms with Crippen LogP contribution in [-0.4, -0.2) is 16.1 Å². The Kier molecular flexibility index (Phi) is 8.18. The first-order valence-electron chi connectivity index (χ1n) is 10.1. The monoisotopic (exact) mass is 442 g/mol. The molecule has 0 bridgehead atoms. The molecule has 0 heterocycles. The summed E-state index contributed by atoms with van der Waals surface area (Å²) in [4.78, 5) is 0. The molecule has 3 rings (SSSR count). The Labute approximate surface area is 178 Å². The van der Waals surface area contributed by atoms with Gasteiger partial charge in [-0.1, -0.05) is 33.3 Å². The minimum Gasteiger partial charge on any atom is -0.494 e. The van der Waals surface area contributed by atoms with Crippen LogP contribution >= 0.6 is 0 Å². The fourth-order valence-electron chi connectivity index (χ4n) is 3.16. The van der Waals surface area contributed by atoms with Crippen molar-refractivity contribution < 1.29 is 22.1 Å². The average molecular weight is 443 g/mol. The fraction of sp³-hybridized carbons (Fsp3) is 0.455. The van der Waals surface area contributed by atoms with Gasteiger partial charge in [0, 0.05) is 6.07 Å². The minimum atomic E-state index is -1.53. The zero-order chi connectivity index (χ0) is 22.5. The largest absolute Gasteiger partial charge is 0.494 e. The highest BCUT2D eigenvalue weighted by Crippen LogP contribution is 2.47. The topological polar surface area (TPSA) is 50.4 Å². The molecular weight excluding hydrogens is 413 g/mol. The molecule has 0 aliphatic heterocycles. The average Bonchev–Trinajstić information content (AvgIpc) is 3.51. The van der Waals surface area contributed by atoms with E-state index in [0.717, 1.165) is 31.7 Å². The summed E-state index contributed by atoms with van der Waals surface area (Å²) in [6, 6.07) is 5.24. The lowest BCUT2D eigenvalue weighted by Gasteiger charge is -2.21. The Bertz CT molecular complexity index is 918. The summed E-state index contributed by atoms with van der Waals surface area (Å²) < 4.78 is 63.4. The highest BCUT2D eigenvalue weighted by molar-refractivity contribution is 7.88. The molecule has 1 saturated carbocycles. The second kappa shape index (κ2) is 10.2. The maximum atomic E-state index is 14.6. The molecule has 1 aliphatic carbocycles. The molecule has 2 aromatic carbocycles. The third-order valence-corrected chi connectivity index (χ3v) is 6.68. The molecular formula is C22H29F3N2O2S. The summed E-state index contributed by atoms with van der Waals surface area (Å²) >= 11 is 0. The van der Waals surface area contributed by atoms with Gasteiger partial charge >= 0.3 is 0 Å². The predicted octanol–water partition coefficient (Wildman–Crippen LogP) is 6.60. The van der Waals surface area contributed by atoms with Crippen molar-refractivity contribution in [2.75, 3.05) is 17.1 Å². The molecule has 0 aromatic heterocycles. The Hall–Kier alpha value is -2.22. The second-order valence-corrected chi connectivity index (χ2v) is 8.64. The molecule has 2 N–H and O–H groups in total. The Morgan fingerprint density at radius 3 is 2.30 bits per heavy atom. The Morgan fingerprint density at radius 2 is 1.77 bits per heavy atom. The number of aryl methyl sites for hydroxylation is 1. The van der Waals surface area contributed by atoms with Crippen LogP contribution < -0.4 is 14.8 Å². The summed E-state index contributed by atoms with van der Waals surface area (Å²) in [5.41, 5.74) is 0.318. The van der Waals surface area contributed by atoms with E-state index in [1.54, 1.807) is 13.0 Å². The number of hydrogen-bond donors (Lipinski definition) is 2. The molecule has 0 radical (unpaired) electrons. The van der Waals surface area contributed by atoms with E-state index >= 15 is 0 Å². The van der Waals surface area contributed by atoms with Crippen molar-refractivity contribution in [2.24, 2.45) is 0 Å². The normalized spacial score (nSPS) is 14.9. The van der Waals surface area contributed by atoms with Gasteiger partial charge in [-0.15, -0.1) is 0 Å². The van der Waals surface area contributed by atoms with E-state index in [4.69, 9.17) is 4.74 Å². The van der Waals surface area contributed by atoms with Crippen LogP contribution in [0.2, 0.25) is 0 Å². The molecule has 2 aromatic rings. The molecule has 4 nitrogen and oxygen atoms in total. The molecule has 0 spiro atoms. The number of hydrogen-bond acceptors (Lipinski definition) is 3. The Balaban J connectivity index is 0.00000155. The van der Waals surface area contributed by atoms with Crippen LogP contribution in [0.3, 0.4) is 0 Å². The highest BCUT2D eigenvalue weighted by atomic mass is 32.2. The number of nitrogens with one attached hydrogen (secondary N) is 2. The smallest absolute Gasteiger partial charge is 0.184 e. The van der Waals surface area contributed by atoms with E-state index in [1.807, 2.05) is 20.8 Å². The highest BCUT2D eigenvalue weighted by Gasteiger charge is 2.48. The number of ether oxygens (including phenoxy) is 1. The lowest BCUT2D eigenvalue weighted by Crippen LogP contribution is -2.24. The third kappa shape index (κ3) is 5.09. The maximum Gasteiger partial charge on any atom is 0.184 e. The number of rotatable bonds is 8. The van der Waals surface area contributed by atoms with Crippen molar-refractivity contribution in [3.8, 4) is 5.75 Å². The first-order valence-corrected chi connectivity index (χ1v) is 11.2. The van der Waals surface area contributed by atoms with Crippen molar-refractivity contribution in [1.29, 1.82) is 0 Å². The van der Waals surface area contributed by atoms with E-state index in [2.05, 4.69) is 10.0 Å². The van der Waals surface area contributed by atoms with Crippen LogP contribution in [0.5, 0.6) is 5.75 Å². The van der Waals surface area contributed by atoms with Crippen molar-refractivity contribution in [1.82, 2.24) is 0 Å². The lowest BCUT2D eigenvalue weighted by molar-refractivity contribution is 0.409. The van der Waals surface area contributed by atoms with E-state index < -0.39 is 28.4 Å². The van der Waals surface area contributed by atoms with Crippen molar-refractivity contribution >= 4 is 28.0 Å². The molecule has 166 valence electrons. The number of methoxy groups -OCH3 is 1. The van der Waals surface area contributed by atoms with Crippen molar-refractivity contribution in [2.45, 2.75) is 58.1 Å². The van der Waals surface area contributed by atoms with Gasteiger partial charge in [-0.05, 0) is 43.9 Å². The standard InChI is InChI=1S/C20H23F3N2O2S.C2H6/c1-4-7-20(8-9-20)28(26)25-18-16(27-3)11-14(22)17(23)19(18)24-15-6-5-12(2)10-13(15)21;1-2/h5-6,10-11,24-25H,4,7-9H2,1-3H3;1-2H3. The fourth-order valence-corrected chi connectivity index (χ4v) is 4.63. The van der Waals surface area contributed by atoms with Crippen LogP contribution in [0.4, 0.5) is 30.2 Å². The van der Waals surface area contributed by atoms with Gasteiger partial charge in [0.1, 0.15) is 33.9 Å². The van der Waals surface area contributed by atoms with Crippen LogP contribution in [-0.2, 0) is 11.0 Å². The zero-order valence-corrected chi connectivity index (χ0v) is 18.8. The van der Waals surface area contributed by atoms with Gasteiger partial charge in [-0.3, -0.25) is 4.72 Å². The number of anilines is 3. The molecule has 1 aliphatic rings. The zero-order valence-electron chi connectivity index (χ0n) is 18.0. The number of benzene rings is 2. The van der Waals surface area contributed by atoms with Gasteiger partial charge in [-0.2, -0.15) is 0 Å². The first kappa shape index (κ1) is 24.1. The Morgan fingerprint density at radius 1 is 1.10 bits per heavy atom. The third-order valence-electron chi connectivity index (χ3n) is 4.89. The predicted molar refractivity (Wildman–Crippen MR) is 117 cm³/mol. The minimum absolute atomic E-state index is 0.00193. The van der Waals surface area contributed by atoms with E-state index in [1.165, 1.54) is 19.2 Å². The van der Waals surface area contributed by atoms with Crippen LogP contribution in [0.15, 0.2) is 24.3 Å². The summed E-state index contributed by atoms with van der Waals surface area (Å²) in [5, 5.41) is 2.59. The molecule has 0 amide bonds. The van der Waals surface area contributed by atoms with Crippen molar-refractivity contribution in [3.05, 3.63) is 47.3 Å². The molecule has 30 heavy (non-hydrogen) atoms. The summed E-state index contributed by atoms with van der Waals surface area (Å²) in [7, 11) is -0.225. The van der Waals surface area contributed by atoms with E-state index in [9.17, 15) is 17.4 Å². The van der Waals surface area contributed by atoms with Gasteiger partial charge in [0.15, 0.2) is 11.6 Å². The van der Waals surface area contributed by atoms with Crippen molar-refractivity contribution in [3.63, 3.8) is 0 Å². The lowest BCUT2D eigenvalue weighted by atomic mass is 10.2. The molecule has 8 heteroatoms. The van der Waals surface area contributed by atoms with E-state index in [-0.39, 0.29) is 27.6 Å². The molecule has 1 unspecified atom stereocenters. The van der Waals surface area contributed by atoms with E-state index in [0.29, 0.717) is 5.56 Å².